The van der Waals surface area contributed by atoms with Crippen molar-refractivity contribution in [3.63, 3.8) is 0 Å². The largest absolute Gasteiger partial charge is 0.330 e. The minimum atomic E-state index is 0.660. The molecule has 0 saturated carbocycles. The molecule has 4 heteroatoms. The molecule has 0 aliphatic rings. The van der Waals surface area contributed by atoms with Crippen LogP contribution < -0.4 is 5.73 Å². The number of hydrogen-bond acceptors (Lipinski definition) is 3. The number of halogens is 1. The smallest absolute Gasteiger partial charge is 0.0945 e. The van der Waals surface area contributed by atoms with Crippen molar-refractivity contribution in [3.8, 4) is 11.3 Å². The fourth-order valence-corrected chi connectivity index (χ4v) is 2.39. The molecule has 0 amide bonds. The van der Waals surface area contributed by atoms with Crippen LogP contribution in [0.15, 0.2) is 34.1 Å². The predicted octanol–water partition coefficient (Wildman–Crippen LogP) is 3.07. The molecule has 0 unspecified atom stereocenters. The van der Waals surface area contributed by atoms with Gasteiger partial charge in [-0.3, -0.25) is 0 Å². The van der Waals surface area contributed by atoms with Crippen molar-refractivity contribution in [2.45, 2.75) is 6.42 Å². The number of nitrogens with two attached hydrogens (primary N) is 1. The quantitative estimate of drug-likeness (QED) is 0.940. The number of thiazole rings is 1. The van der Waals surface area contributed by atoms with Crippen molar-refractivity contribution in [2.75, 3.05) is 6.54 Å². The first-order valence-electron chi connectivity index (χ1n) is 4.70. The SMILES string of the molecule is NCCc1nc(-c2ccc(Br)cc2)cs1. The van der Waals surface area contributed by atoms with Gasteiger partial charge in [-0.1, -0.05) is 28.1 Å². The van der Waals surface area contributed by atoms with Gasteiger partial charge < -0.3 is 5.73 Å². The van der Waals surface area contributed by atoms with E-state index in [-0.39, 0.29) is 0 Å². The predicted molar refractivity (Wildman–Crippen MR) is 68.0 cm³/mol. The third kappa shape index (κ3) is 2.65. The summed E-state index contributed by atoms with van der Waals surface area (Å²) < 4.78 is 1.09. The monoisotopic (exact) mass is 282 g/mol. The van der Waals surface area contributed by atoms with Gasteiger partial charge >= 0.3 is 0 Å². The van der Waals surface area contributed by atoms with Gasteiger partial charge in [0.25, 0.3) is 0 Å². The molecule has 2 aromatic rings. The third-order valence-electron chi connectivity index (χ3n) is 2.05. The molecule has 1 aromatic carbocycles. The molecule has 1 heterocycles. The van der Waals surface area contributed by atoms with Gasteiger partial charge in [-0.2, -0.15) is 0 Å². The maximum atomic E-state index is 5.49. The molecule has 0 saturated heterocycles. The van der Waals surface area contributed by atoms with E-state index in [2.05, 4.69) is 38.4 Å². The first-order valence-corrected chi connectivity index (χ1v) is 6.37. The Kier molecular flexibility index (Phi) is 3.51. The summed E-state index contributed by atoms with van der Waals surface area (Å²) in [5.74, 6) is 0. The summed E-state index contributed by atoms with van der Waals surface area (Å²) in [6.45, 7) is 0.660. The van der Waals surface area contributed by atoms with Crippen LogP contribution in [0.4, 0.5) is 0 Å². The fraction of sp³-hybridized carbons (Fsp3) is 0.182. The van der Waals surface area contributed by atoms with Gasteiger partial charge in [-0.25, -0.2) is 4.98 Å². The number of rotatable bonds is 3. The summed E-state index contributed by atoms with van der Waals surface area (Å²) >= 11 is 5.08. The zero-order valence-electron chi connectivity index (χ0n) is 8.11. The Bertz CT molecular complexity index is 436. The van der Waals surface area contributed by atoms with Gasteiger partial charge in [-0.15, -0.1) is 11.3 Å². The van der Waals surface area contributed by atoms with Crippen molar-refractivity contribution < 1.29 is 0 Å². The van der Waals surface area contributed by atoms with Crippen LogP contribution in [-0.4, -0.2) is 11.5 Å². The Hall–Kier alpha value is -0.710. The van der Waals surface area contributed by atoms with E-state index in [0.717, 1.165) is 27.2 Å². The lowest BCUT2D eigenvalue weighted by molar-refractivity contribution is 0.954. The summed E-state index contributed by atoms with van der Waals surface area (Å²) in [4.78, 5) is 4.52. The van der Waals surface area contributed by atoms with E-state index in [0.29, 0.717) is 6.54 Å². The molecule has 1 aromatic heterocycles. The number of hydrogen-bond donors (Lipinski definition) is 1. The molecule has 0 fully saturated rings. The number of benzene rings is 1. The van der Waals surface area contributed by atoms with Crippen LogP contribution in [0.2, 0.25) is 0 Å². The minimum Gasteiger partial charge on any atom is -0.330 e. The Morgan fingerprint density at radius 3 is 2.67 bits per heavy atom. The average molecular weight is 283 g/mol. The van der Waals surface area contributed by atoms with Gasteiger partial charge in [0, 0.05) is 21.8 Å². The zero-order chi connectivity index (χ0) is 10.7. The zero-order valence-corrected chi connectivity index (χ0v) is 10.5. The number of nitrogens with zero attached hydrogens (tertiary/aromatic N) is 1. The Balaban J connectivity index is 2.25. The van der Waals surface area contributed by atoms with E-state index in [1.165, 1.54) is 0 Å². The van der Waals surface area contributed by atoms with Gasteiger partial charge in [0.05, 0.1) is 10.7 Å². The molecule has 78 valence electrons. The summed E-state index contributed by atoms with van der Waals surface area (Å²) in [6.07, 6.45) is 0.862. The number of aromatic nitrogens is 1. The van der Waals surface area contributed by atoms with Crippen molar-refractivity contribution in [1.29, 1.82) is 0 Å². The highest BCUT2D eigenvalue weighted by Gasteiger charge is 2.03. The summed E-state index contributed by atoms with van der Waals surface area (Å²) in [6, 6.07) is 8.17. The summed E-state index contributed by atoms with van der Waals surface area (Å²) in [7, 11) is 0. The molecule has 15 heavy (non-hydrogen) atoms. The van der Waals surface area contributed by atoms with Crippen LogP contribution >= 0.6 is 27.3 Å². The molecule has 0 spiro atoms. The van der Waals surface area contributed by atoms with Crippen molar-refractivity contribution >= 4 is 27.3 Å². The van der Waals surface area contributed by atoms with E-state index in [1.807, 2.05) is 12.1 Å². The van der Waals surface area contributed by atoms with Crippen molar-refractivity contribution in [3.05, 3.63) is 39.1 Å². The Morgan fingerprint density at radius 2 is 2.00 bits per heavy atom. The second-order valence-electron chi connectivity index (χ2n) is 3.17. The Labute approximate surface area is 101 Å². The van der Waals surface area contributed by atoms with Crippen LogP contribution in [0, 0.1) is 0 Å². The standard InChI is InChI=1S/C11H11BrN2S/c12-9-3-1-8(2-4-9)10-7-15-11(14-10)5-6-13/h1-4,7H,5-6,13H2. The van der Waals surface area contributed by atoms with E-state index in [9.17, 15) is 0 Å². The lowest BCUT2D eigenvalue weighted by atomic mass is 10.2. The highest BCUT2D eigenvalue weighted by atomic mass is 79.9. The Morgan fingerprint density at radius 1 is 1.27 bits per heavy atom. The van der Waals surface area contributed by atoms with E-state index in [4.69, 9.17) is 5.73 Å². The average Bonchev–Trinajstić information content (AvgIpc) is 2.68. The normalized spacial score (nSPS) is 10.5. The molecule has 2 rings (SSSR count). The summed E-state index contributed by atoms with van der Waals surface area (Å²) in [5.41, 5.74) is 7.68. The molecular formula is C11H11BrN2S. The molecule has 0 aliphatic heterocycles. The maximum absolute atomic E-state index is 5.49. The minimum absolute atomic E-state index is 0.660. The van der Waals surface area contributed by atoms with Gasteiger partial charge in [-0.05, 0) is 18.7 Å². The van der Waals surface area contributed by atoms with E-state index >= 15 is 0 Å². The first-order chi connectivity index (χ1) is 7.29. The lowest BCUT2D eigenvalue weighted by Gasteiger charge is -1.96. The second-order valence-corrected chi connectivity index (χ2v) is 5.03. The van der Waals surface area contributed by atoms with E-state index < -0.39 is 0 Å². The van der Waals surface area contributed by atoms with E-state index in [1.54, 1.807) is 11.3 Å². The molecule has 2 nitrogen and oxygen atoms in total. The molecule has 0 radical (unpaired) electrons. The molecule has 2 N–H and O–H groups in total. The highest BCUT2D eigenvalue weighted by molar-refractivity contribution is 9.10. The van der Waals surface area contributed by atoms with Crippen LogP contribution in [0.25, 0.3) is 11.3 Å². The van der Waals surface area contributed by atoms with Gasteiger partial charge in [0.2, 0.25) is 0 Å². The fourth-order valence-electron chi connectivity index (χ4n) is 1.30. The van der Waals surface area contributed by atoms with Crippen molar-refractivity contribution in [1.82, 2.24) is 4.98 Å². The van der Waals surface area contributed by atoms with Crippen LogP contribution in [-0.2, 0) is 6.42 Å². The van der Waals surface area contributed by atoms with Crippen LogP contribution in [0.5, 0.6) is 0 Å². The molecule has 0 atom stereocenters. The van der Waals surface area contributed by atoms with Crippen LogP contribution in [0.3, 0.4) is 0 Å². The third-order valence-corrected chi connectivity index (χ3v) is 3.49. The van der Waals surface area contributed by atoms with Gasteiger partial charge in [0.15, 0.2) is 0 Å². The molecule has 0 bridgehead atoms. The molecule has 0 aliphatic carbocycles. The first kappa shape index (κ1) is 10.8. The summed E-state index contributed by atoms with van der Waals surface area (Å²) in [5, 5.41) is 3.18. The van der Waals surface area contributed by atoms with Crippen molar-refractivity contribution in [2.24, 2.45) is 5.73 Å². The molecular weight excluding hydrogens is 272 g/mol. The lowest BCUT2D eigenvalue weighted by Crippen LogP contribution is -2.01. The van der Waals surface area contributed by atoms with Crippen LogP contribution in [0.1, 0.15) is 5.01 Å². The van der Waals surface area contributed by atoms with Gasteiger partial charge in [0.1, 0.15) is 0 Å². The highest BCUT2D eigenvalue weighted by Crippen LogP contribution is 2.23. The topological polar surface area (TPSA) is 38.9 Å². The maximum Gasteiger partial charge on any atom is 0.0945 e. The second kappa shape index (κ2) is 4.88.